The summed E-state index contributed by atoms with van der Waals surface area (Å²) in [6.45, 7) is 2.81. The second kappa shape index (κ2) is 10.7. The molecule has 4 aromatic rings. The van der Waals surface area contributed by atoms with Crippen molar-refractivity contribution in [1.82, 2.24) is 4.90 Å². The van der Waals surface area contributed by atoms with Crippen LogP contribution in [-0.4, -0.2) is 42.9 Å². The summed E-state index contributed by atoms with van der Waals surface area (Å²) in [5.41, 5.74) is 2.75. The number of carbonyl (C=O) groups is 2. The van der Waals surface area contributed by atoms with Gasteiger partial charge in [-0.05, 0) is 48.0 Å². The van der Waals surface area contributed by atoms with Gasteiger partial charge in [0.1, 0.15) is 4.88 Å². The highest BCUT2D eigenvalue weighted by Crippen LogP contribution is 2.37. The Balaban J connectivity index is 1.17. The second-order valence-electron chi connectivity index (χ2n) is 8.44. The Morgan fingerprint density at radius 3 is 2.33 bits per heavy atom. The molecular weight excluding hydrogens is 513 g/mol. The second-order valence-corrected chi connectivity index (χ2v) is 10.3. The van der Waals surface area contributed by atoms with Gasteiger partial charge in [-0.25, -0.2) is 0 Å². The number of anilines is 2. The highest BCUT2D eigenvalue weighted by Gasteiger charge is 2.21. The molecule has 1 N–H and O–H groups in total. The fraction of sp³-hybridized carbons (Fsp3) is 0.143. The largest absolute Gasteiger partial charge is 0.368 e. The lowest BCUT2D eigenvalue weighted by Crippen LogP contribution is -2.48. The van der Waals surface area contributed by atoms with Gasteiger partial charge in [0.15, 0.2) is 0 Å². The van der Waals surface area contributed by atoms with Crippen LogP contribution in [0.15, 0.2) is 78.9 Å². The molecule has 36 heavy (non-hydrogen) atoms. The topological polar surface area (TPSA) is 52.7 Å². The lowest BCUT2D eigenvalue weighted by Gasteiger charge is -2.35. The summed E-state index contributed by atoms with van der Waals surface area (Å²) in [6.07, 6.45) is 3.49. The first-order chi connectivity index (χ1) is 17.5. The Hall–Kier alpha value is -3.32. The number of amides is 2. The number of benzene rings is 3. The molecule has 0 unspecified atom stereocenters. The first-order valence-corrected chi connectivity index (χ1v) is 13.1. The first-order valence-electron chi connectivity index (χ1n) is 11.5. The molecule has 0 aliphatic carbocycles. The number of nitrogens with zero attached hydrogens (tertiary/aromatic N) is 2. The average Bonchev–Trinajstić information content (AvgIpc) is 3.24. The average molecular weight is 536 g/mol. The predicted octanol–water partition coefficient (Wildman–Crippen LogP) is 6.82. The van der Waals surface area contributed by atoms with E-state index in [0.29, 0.717) is 33.7 Å². The number of hydrogen-bond acceptors (Lipinski definition) is 4. The van der Waals surface area contributed by atoms with Gasteiger partial charge in [0.05, 0.1) is 5.02 Å². The molecular formula is C28H23Cl2N3O2S. The summed E-state index contributed by atoms with van der Waals surface area (Å²) in [4.78, 5) is 30.0. The maximum absolute atomic E-state index is 12.8. The van der Waals surface area contributed by atoms with Crippen LogP contribution in [0.4, 0.5) is 11.4 Å². The fourth-order valence-electron chi connectivity index (χ4n) is 4.15. The molecule has 182 valence electrons. The van der Waals surface area contributed by atoms with Gasteiger partial charge in [-0.15, -0.1) is 11.3 Å². The maximum Gasteiger partial charge on any atom is 0.267 e. The maximum atomic E-state index is 12.8. The summed E-state index contributed by atoms with van der Waals surface area (Å²) < 4.78 is 0.876. The molecule has 5 nitrogen and oxygen atoms in total. The third-order valence-corrected chi connectivity index (χ3v) is 7.99. The number of fused-ring (bicyclic) bond motifs is 1. The SMILES string of the molecule is O=C(Nc1ccc(N2CCN(C(=O)/C=C/c3ccccc3)CC2)cc1)c1sc2cc(Cl)ccc2c1Cl. The standard InChI is InChI=1S/C28H23Cl2N3O2S/c29-20-7-12-23-24(18-20)36-27(26(23)30)28(35)31-21-8-10-22(11-9-21)32-14-16-33(17-15-32)25(34)13-6-19-4-2-1-3-5-19/h1-13,18H,14-17H2,(H,31,35)/b13-6+. The van der Waals surface area contributed by atoms with E-state index in [9.17, 15) is 9.59 Å². The van der Waals surface area contributed by atoms with Crippen molar-refractivity contribution in [3.05, 3.63) is 99.4 Å². The van der Waals surface area contributed by atoms with Crippen molar-refractivity contribution in [2.45, 2.75) is 0 Å². The van der Waals surface area contributed by atoms with Crippen molar-refractivity contribution in [1.29, 1.82) is 0 Å². The number of rotatable bonds is 5. The Morgan fingerprint density at radius 1 is 0.889 bits per heavy atom. The highest BCUT2D eigenvalue weighted by atomic mass is 35.5. The van der Waals surface area contributed by atoms with Gasteiger partial charge >= 0.3 is 0 Å². The van der Waals surface area contributed by atoms with Crippen LogP contribution in [0.2, 0.25) is 10.0 Å². The molecule has 3 aromatic carbocycles. The van der Waals surface area contributed by atoms with E-state index in [2.05, 4.69) is 10.2 Å². The summed E-state index contributed by atoms with van der Waals surface area (Å²) in [5, 5.41) is 4.79. The van der Waals surface area contributed by atoms with E-state index in [1.54, 1.807) is 12.1 Å². The van der Waals surface area contributed by atoms with Crippen molar-refractivity contribution in [2.75, 3.05) is 36.4 Å². The van der Waals surface area contributed by atoms with Gasteiger partial charge in [0, 0.05) is 58.7 Å². The molecule has 0 saturated carbocycles. The minimum Gasteiger partial charge on any atom is -0.368 e. The Bertz CT molecular complexity index is 1430. The van der Waals surface area contributed by atoms with Crippen molar-refractivity contribution in [3.8, 4) is 0 Å². The van der Waals surface area contributed by atoms with E-state index in [4.69, 9.17) is 23.2 Å². The van der Waals surface area contributed by atoms with Gasteiger partial charge in [0.2, 0.25) is 5.91 Å². The molecule has 8 heteroatoms. The summed E-state index contributed by atoms with van der Waals surface area (Å²) >= 11 is 13.8. The molecule has 0 spiro atoms. The molecule has 0 atom stereocenters. The number of nitrogens with one attached hydrogen (secondary N) is 1. The molecule has 1 aliphatic rings. The number of hydrogen-bond donors (Lipinski definition) is 1. The minimum absolute atomic E-state index is 0.0266. The summed E-state index contributed by atoms with van der Waals surface area (Å²) in [5.74, 6) is -0.223. The van der Waals surface area contributed by atoms with Crippen LogP contribution in [0.5, 0.6) is 0 Å². The first kappa shape index (κ1) is 24.4. The molecule has 0 bridgehead atoms. The van der Waals surface area contributed by atoms with Crippen molar-refractivity contribution < 1.29 is 9.59 Å². The van der Waals surface area contributed by atoms with Gasteiger partial charge in [0.25, 0.3) is 5.91 Å². The highest BCUT2D eigenvalue weighted by molar-refractivity contribution is 7.21. The van der Waals surface area contributed by atoms with Gasteiger partial charge in [-0.3, -0.25) is 9.59 Å². The van der Waals surface area contributed by atoms with E-state index in [1.807, 2.05) is 77.7 Å². The van der Waals surface area contributed by atoms with Gasteiger partial charge in [-0.1, -0.05) is 59.6 Å². The van der Waals surface area contributed by atoms with E-state index >= 15 is 0 Å². The van der Waals surface area contributed by atoms with E-state index in [0.717, 1.165) is 34.4 Å². The monoisotopic (exact) mass is 535 g/mol. The number of thiophene rings is 1. The van der Waals surface area contributed by atoms with Gasteiger partial charge in [-0.2, -0.15) is 0 Å². The summed E-state index contributed by atoms with van der Waals surface area (Å²) in [7, 11) is 0. The zero-order valence-electron chi connectivity index (χ0n) is 19.3. The lowest BCUT2D eigenvalue weighted by atomic mass is 10.2. The van der Waals surface area contributed by atoms with E-state index in [1.165, 1.54) is 11.3 Å². The third kappa shape index (κ3) is 5.41. The Morgan fingerprint density at radius 2 is 1.61 bits per heavy atom. The molecule has 1 fully saturated rings. The molecule has 1 aliphatic heterocycles. The van der Waals surface area contributed by atoms with Crippen LogP contribution in [0.3, 0.4) is 0 Å². The predicted molar refractivity (Wildman–Crippen MR) is 151 cm³/mol. The van der Waals surface area contributed by atoms with Crippen LogP contribution in [0, 0.1) is 0 Å². The van der Waals surface area contributed by atoms with Gasteiger partial charge < -0.3 is 15.1 Å². The summed E-state index contributed by atoms with van der Waals surface area (Å²) in [6, 6.07) is 22.9. The van der Waals surface area contributed by atoms with Crippen LogP contribution < -0.4 is 10.2 Å². The van der Waals surface area contributed by atoms with Crippen LogP contribution >= 0.6 is 34.5 Å². The van der Waals surface area contributed by atoms with Crippen molar-refractivity contribution in [2.24, 2.45) is 0 Å². The zero-order chi connectivity index (χ0) is 25.1. The smallest absolute Gasteiger partial charge is 0.267 e. The Labute approximate surface area is 223 Å². The third-order valence-electron chi connectivity index (χ3n) is 6.10. The molecule has 1 aromatic heterocycles. The van der Waals surface area contributed by atoms with Crippen LogP contribution in [0.1, 0.15) is 15.2 Å². The van der Waals surface area contributed by atoms with Crippen LogP contribution in [0.25, 0.3) is 16.2 Å². The van der Waals surface area contributed by atoms with Crippen molar-refractivity contribution >= 4 is 73.9 Å². The molecule has 0 radical (unpaired) electrons. The molecule has 2 amide bonds. The minimum atomic E-state index is -0.249. The lowest BCUT2D eigenvalue weighted by molar-refractivity contribution is -0.126. The molecule has 5 rings (SSSR count). The number of carbonyl (C=O) groups excluding carboxylic acids is 2. The number of halogens is 2. The zero-order valence-corrected chi connectivity index (χ0v) is 21.6. The number of piperazine rings is 1. The normalized spacial score (nSPS) is 13.9. The van der Waals surface area contributed by atoms with E-state index < -0.39 is 0 Å². The van der Waals surface area contributed by atoms with E-state index in [-0.39, 0.29) is 11.8 Å². The van der Waals surface area contributed by atoms with Crippen LogP contribution in [-0.2, 0) is 4.79 Å². The fourth-order valence-corrected chi connectivity index (χ4v) is 5.84. The Kier molecular flexibility index (Phi) is 7.28. The molecule has 1 saturated heterocycles. The van der Waals surface area contributed by atoms with Crippen molar-refractivity contribution in [3.63, 3.8) is 0 Å². The quantitative estimate of drug-likeness (QED) is 0.285. The molecule has 2 heterocycles.